The van der Waals surface area contributed by atoms with Gasteiger partial charge in [-0.05, 0) is 6.92 Å². The Morgan fingerprint density at radius 1 is 1.60 bits per heavy atom. The standard InChI is InChI=1S/C8H12N4O3/c1-4(9)2-10-6(13)5-3-11-8(15)12-7(5)14/h3-4H,2,9H2,1H3,(H,10,13)(H2,11,12,14,15). The molecular formula is C8H12N4O3. The highest BCUT2D eigenvalue weighted by atomic mass is 16.2. The van der Waals surface area contributed by atoms with Crippen molar-refractivity contribution in [1.82, 2.24) is 15.3 Å². The molecule has 1 heterocycles. The number of carbonyl (C=O) groups excluding carboxylic acids is 1. The van der Waals surface area contributed by atoms with Crippen molar-refractivity contribution in [3.63, 3.8) is 0 Å². The van der Waals surface area contributed by atoms with E-state index in [1.54, 1.807) is 6.92 Å². The van der Waals surface area contributed by atoms with Gasteiger partial charge in [0.25, 0.3) is 11.5 Å². The predicted octanol–water partition coefficient (Wildman–Crippen LogP) is -1.86. The first-order chi connectivity index (χ1) is 7.00. The molecule has 0 aromatic carbocycles. The molecule has 0 aliphatic heterocycles. The van der Waals surface area contributed by atoms with Crippen molar-refractivity contribution >= 4 is 5.91 Å². The summed E-state index contributed by atoms with van der Waals surface area (Å²) in [6.07, 6.45) is 1.07. The second-order valence-corrected chi connectivity index (χ2v) is 3.17. The summed E-state index contributed by atoms with van der Waals surface area (Å²) in [5.41, 5.74) is 3.91. The lowest BCUT2D eigenvalue weighted by Gasteiger charge is -2.06. The molecule has 0 saturated carbocycles. The van der Waals surface area contributed by atoms with Gasteiger partial charge in [-0.3, -0.25) is 14.6 Å². The van der Waals surface area contributed by atoms with Gasteiger partial charge in [-0.25, -0.2) is 4.79 Å². The van der Waals surface area contributed by atoms with E-state index >= 15 is 0 Å². The Bertz CT molecular complexity index is 459. The highest BCUT2D eigenvalue weighted by Gasteiger charge is 2.10. The van der Waals surface area contributed by atoms with Crippen LogP contribution >= 0.6 is 0 Å². The summed E-state index contributed by atoms with van der Waals surface area (Å²) in [5.74, 6) is -0.565. The Morgan fingerprint density at radius 2 is 2.27 bits per heavy atom. The topological polar surface area (TPSA) is 121 Å². The van der Waals surface area contributed by atoms with Gasteiger partial charge < -0.3 is 16.0 Å². The maximum absolute atomic E-state index is 11.4. The number of nitrogens with two attached hydrogens (primary N) is 1. The van der Waals surface area contributed by atoms with Crippen LogP contribution in [0.5, 0.6) is 0 Å². The fourth-order valence-corrected chi connectivity index (χ4v) is 0.927. The average molecular weight is 212 g/mol. The van der Waals surface area contributed by atoms with Crippen LogP contribution in [0.2, 0.25) is 0 Å². The Labute approximate surface area is 84.7 Å². The first-order valence-electron chi connectivity index (χ1n) is 4.36. The number of rotatable bonds is 3. The summed E-state index contributed by atoms with van der Waals surface area (Å²) >= 11 is 0. The number of amides is 1. The van der Waals surface area contributed by atoms with Crippen LogP contribution in [0, 0.1) is 0 Å². The van der Waals surface area contributed by atoms with Crippen LogP contribution in [-0.4, -0.2) is 28.5 Å². The zero-order valence-electron chi connectivity index (χ0n) is 8.16. The number of H-pyrrole nitrogens is 2. The van der Waals surface area contributed by atoms with Gasteiger partial charge in [-0.1, -0.05) is 0 Å². The van der Waals surface area contributed by atoms with Crippen molar-refractivity contribution in [3.8, 4) is 0 Å². The van der Waals surface area contributed by atoms with Gasteiger partial charge in [-0.15, -0.1) is 0 Å². The van der Waals surface area contributed by atoms with Gasteiger partial charge in [-0.2, -0.15) is 0 Å². The first-order valence-corrected chi connectivity index (χ1v) is 4.36. The molecular weight excluding hydrogens is 200 g/mol. The molecule has 1 aromatic heterocycles. The molecule has 0 spiro atoms. The van der Waals surface area contributed by atoms with Crippen molar-refractivity contribution in [2.24, 2.45) is 5.73 Å². The molecule has 7 nitrogen and oxygen atoms in total. The molecule has 1 rings (SSSR count). The van der Waals surface area contributed by atoms with Crippen LogP contribution in [0.3, 0.4) is 0 Å². The second kappa shape index (κ2) is 4.56. The molecule has 1 unspecified atom stereocenters. The third-order valence-electron chi connectivity index (χ3n) is 1.65. The number of aromatic nitrogens is 2. The van der Waals surface area contributed by atoms with E-state index in [2.05, 4.69) is 10.3 Å². The summed E-state index contributed by atoms with van der Waals surface area (Å²) in [5, 5.41) is 2.45. The van der Waals surface area contributed by atoms with Crippen molar-refractivity contribution < 1.29 is 4.79 Å². The number of aromatic amines is 2. The van der Waals surface area contributed by atoms with Crippen molar-refractivity contribution in [2.45, 2.75) is 13.0 Å². The van der Waals surface area contributed by atoms with Crippen LogP contribution in [-0.2, 0) is 0 Å². The molecule has 0 aliphatic carbocycles. The van der Waals surface area contributed by atoms with Crippen molar-refractivity contribution in [2.75, 3.05) is 6.54 Å². The Hall–Kier alpha value is -1.89. The minimum absolute atomic E-state index is 0.143. The zero-order valence-corrected chi connectivity index (χ0v) is 8.16. The van der Waals surface area contributed by atoms with Crippen LogP contribution in [0.25, 0.3) is 0 Å². The summed E-state index contributed by atoms with van der Waals surface area (Å²) in [4.78, 5) is 37.4. The van der Waals surface area contributed by atoms with Gasteiger partial charge in [0.15, 0.2) is 0 Å². The molecule has 1 amide bonds. The highest BCUT2D eigenvalue weighted by molar-refractivity contribution is 5.93. The molecule has 5 N–H and O–H groups in total. The first kappa shape index (κ1) is 11.2. The Balaban J connectivity index is 2.83. The lowest BCUT2D eigenvalue weighted by atomic mass is 10.3. The number of carbonyl (C=O) groups is 1. The second-order valence-electron chi connectivity index (χ2n) is 3.17. The van der Waals surface area contributed by atoms with Crippen LogP contribution < -0.4 is 22.3 Å². The van der Waals surface area contributed by atoms with Crippen LogP contribution in [0.1, 0.15) is 17.3 Å². The average Bonchev–Trinajstić information content (AvgIpc) is 2.14. The molecule has 82 valence electrons. The van der Waals surface area contributed by atoms with E-state index in [0.717, 1.165) is 6.20 Å². The van der Waals surface area contributed by atoms with E-state index in [1.165, 1.54) is 0 Å². The van der Waals surface area contributed by atoms with E-state index in [0.29, 0.717) is 0 Å². The molecule has 0 bridgehead atoms. The molecule has 0 radical (unpaired) electrons. The molecule has 0 fully saturated rings. The monoisotopic (exact) mass is 212 g/mol. The fourth-order valence-electron chi connectivity index (χ4n) is 0.927. The predicted molar refractivity (Wildman–Crippen MR) is 53.7 cm³/mol. The number of hydrogen-bond acceptors (Lipinski definition) is 4. The van der Waals surface area contributed by atoms with Crippen molar-refractivity contribution in [1.29, 1.82) is 0 Å². The maximum atomic E-state index is 11.4. The van der Waals surface area contributed by atoms with E-state index < -0.39 is 17.2 Å². The van der Waals surface area contributed by atoms with E-state index in [1.807, 2.05) is 4.98 Å². The SMILES string of the molecule is CC(N)CNC(=O)c1c[nH]c(=O)[nH]c1=O. The molecule has 0 saturated heterocycles. The summed E-state index contributed by atoms with van der Waals surface area (Å²) in [6.45, 7) is 1.98. The molecule has 7 heteroatoms. The largest absolute Gasteiger partial charge is 0.350 e. The molecule has 1 atom stereocenters. The van der Waals surface area contributed by atoms with Crippen LogP contribution in [0.15, 0.2) is 15.8 Å². The van der Waals surface area contributed by atoms with Crippen molar-refractivity contribution in [3.05, 3.63) is 32.6 Å². The Morgan fingerprint density at radius 3 is 2.80 bits per heavy atom. The summed E-state index contributed by atoms with van der Waals surface area (Å²) < 4.78 is 0. The van der Waals surface area contributed by atoms with Crippen LogP contribution in [0.4, 0.5) is 0 Å². The molecule has 0 aliphatic rings. The van der Waals surface area contributed by atoms with Gasteiger partial charge in [0, 0.05) is 18.8 Å². The lowest BCUT2D eigenvalue weighted by Crippen LogP contribution is -2.38. The van der Waals surface area contributed by atoms with Gasteiger partial charge in [0.2, 0.25) is 0 Å². The summed E-state index contributed by atoms with van der Waals surface area (Å²) in [6, 6.07) is -0.198. The van der Waals surface area contributed by atoms with E-state index in [4.69, 9.17) is 5.73 Å². The fraction of sp³-hybridized carbons (Fsp3) is 0.375. The summed E-state index contributed by atoms with van der Waals surface area (Å²) in [7, 11) is 0. The van der Waals surface area contributed by atoms with E-state index in [9.17, 15) is 14.4 Å². The van der Waals surface area contributed by atoms with E-state index in [-0.39, 0.29) is 18.2 Å². The third-order valence-corrected chi connectivity index (χ3v) is 1.65. The quantitative estimate of drug-likeness (QED) is 0.469. The minimum atomic E-state index is -0.721. The Kier molecular flexibility index (Phi) is 3.40. The normalized spacial score (nSPS) is 12.1. The molecule has 15 heavy (non-hydrogen) atoms. The smallest absolute Gasteiger partial charge is 0.325 e. The van der Waals surface area contributed by atoms with Gasteiger partial charge in [0.05, 0.1) is 0 Å². The lowest BCUT2D eigenvalue weighted by molar-refractivity contribution is 0.0949. The van der Waals surface area contributed by atoms with Gasteiger partial charge in [0.1, 0.15) is 5.56 Å². The van der Waals surface area contributed by atoms with Gasteiger partial charge >= 0.3 is 5.69 Å². The highest BCUT2D eigenvalue weighted by Crippen LogP contribution is 1.84. The third kappa shape index (κ3) is 3.06. The number of nitrogens with one attached hydrogen (secondary N) is 3. The maximum Gasteiger partial charge on any atom is 0.325 e. The number of hydrogen-bond donors (Lipinski definition) is 4. The zero-order chi connectivity index (χ0) is 11.4. The molecule has 1 aromatic rings. The minimum Gasteiger partial charge on any atom is -0.350 e.